The third kappa shape index (κ3) is 4.51. The maximum absolute atomic E-state index is 12.9. The van der Waals surface area contributed by atoms with Crippen LogP contribution in [0.15, 0.2) is 29.4 Å². The van der Waals surface area contributed by atoms with Gasteiger partial charge in [0.2, 0.25) is 10.0 Å². The number of halogens is 4. The van der Waals surface area contributed by atoms with Gasteiger partial charge in [0.25, 0.3) is 0 Å². The highest BCUT2D eigenvalue weighted by molar-refractivity contribution is 7.89. The lowest BCUT2D eigenvalue weighted by Crippen LogP contribution is -2.35. The minimum absolute atomic E-state index is 0.225. The van der Waals surface area contributed by atoms with Crippen LogP contribution in [0.5, 0.6) is 0 Å². The summed E-state index contributed by atoms with van der Waals surface area (Å²) in [6, 6.07) is 2.32. The van der Waals surface area contributed by atoms with E-state index < -0.39 is 26.8 Å². The number of nitrogens with one attached hydrogen (secondary N) is 1. The summed E-state index contributed by atoms with van der Waals surface area (Å²) in [5.74, 6) is 0. The molecule has 0 bridgehead atoms. The quantitative estimate of drug-likeness (QED) is 0.798. The number of hydrogen-bond donors (Lipinski definition) is 1. The summed E-state index contributed by atoms with van der Waals surface area (Å²) in [5.41, 5.74) is 0.889. The Bertz CT molecular complexity index is 946. The highest BCUT2D eigenvalue weighted by Gasteiger charge is 2.34. The first-order chi connectivity index (χ1) is 13.1. The summed E-state index contributed by atoms with van der Waals surface area (Å²) in [7, 11) is -3.99. The number of aryl methyl sites for hydroxylation is 1. The molecule has 6 nitrogen and oxygen atoms in total. The average Bonchev–Trinajstić information content (AvgIpc) is 2.86. The SMILES string of the molecule is Cc1[nH]cnc1CN1CCCN(S(=O)(=O)c2ccc(C(F)(F)F)cc2Cl)CC1. The third-order valence-corrected chi connectivity index (χ3v) is 7.11. The van der Waals surface area contributed by atoms with Crippen molar-refractivity contribution in [3.63, 3.8) is 0 Å². The van der Waals surface area contributed by atoms with Gasteiger partial charge in [-0.25, -0.2) is 13.4 Å². The Hall–Kier alpha value is -1.62. The summed E-state index contributed by atoms with van der Waals surface area (Å²) in [4.78, 5) is 9.07. The summed E-state index contributed by atoms with van der Waals surface area (Å²) in [6.45, 7) is 4.20. The minimum atomic E-state index is -4.58. The van der Waals surface area contributed by atoms with Crippen LogP contribution in [0.2, 0.25) is 5.02 Å². The molecule has 11 heteroatoms. The third-order valence-electron chi connectivity index (χ3n) is 4.73. The van der Waals surface area contributed by atoms with Gasteiger partial charge >= 0.3 is 6.18 Å². The molecule has 3 rings (SSSR count). The fraction of sp³-hybridized carbons (Fsp3) is 0.471. The molecule has 1 N–H and O–H groups in total. The van der Waals surface area contributed by atoms with Crippen LogP contribution in [0.3, 0.4) is 0 Å². The lowest BCUT2D eigenvalue weighted by atomic mass is 10.2. The fourth-order valence-electron chi connectivity index (χ4n) is 3.13. The van der Waals surface area contributed by atoms with Crippen LogP contribution >= 0.6 is 11.6 Å². The Morgan fingerprint density at radius 3 is 2.57 bits per heavy atom. The molecular formula is C17H20ClF3N4O2S. The van der Waals surface area contributed by atoms with Crippen LogP contribution < -0.4 is 0 Å². The van der Waals surface area contributed by atoms with Crippen LogP contribution in [0, 0.1) is 6.92 Å². The zero-order chi connectivity index (χ0) is 20.5. The molecule has 0 unspecified atom stereocenters. The van der Waals surface area contributed by atoms with E-state index in [1.54, 1.807) is 6.33 Å². The van der Waals surface area contributed by atoms with E-state index in [2.05, 4.69) is 14.9 Å². The second-order valence-corrected chi connectivity index (χ2v) is 8.96. The maximum Gasteiger partial charge on any atom is 0.416 e. The van der Waals surface area contributed by atoms with Crippen LogP contribution in [0.1, 0.15) is 23.4 Å². The minimum Gasteiger partial charge on any atom is -0.348 e. The summed E-state index contributed by atoms with van der Waals surface area (Å²) in [6.07, 6.45) is -2.37. The molecule has 0 spiro atoms. The first-order valence-electron chi connectivity index (χ1n) is 8.67. The number of imidazole rings is 1. The Labute approximate surface area is 166 Å². The van der Waals surface area contributed by atoms with Gasteiger partial charge in [0.05, 0.1) is 22.6 Å². The maximum atomic E-state index is 12.9. The number of nitrogens with zero attached hydrogens (tertiary/aromatic N) is 3. The van der Waals surface area contributed by atoms with Crippen LogP contribution in [0.4, 0.5) is 13.2 Å². The van der Waals surface area contributed by atoms with E-state index in [1.165, 1.54) is 4.31 Å². The standard InChI is InChI=1S/C17H20ClF3N4O2S/c1-12-15(23-11-22-12)10-24-5-2-6-25(8-7-24)28(26,27)16-4-3-13(9-14(16)18)17(19,20)21/h3-4,9,11H,2,5-8,10H2,1H3,(H,22,23). The van der Waals surface area contributed by atoms with Gasteiger partial charge in [0.15, 0.2) is 0 Å². The normalized spacial score (nSPS) is 17.6. The molecule has 0 saturated carbocycles. The molecular weight excluding hydrogens is 417 g/mol. The first-order valence-corrected chi connectivity index (χ1v) is 10.5. The second-order valence-electron chi connectivity index (χ2n) is 6.65. The molecule has 1 aliphatic rings. The fourth-order valence-corrected chi connectivity index (χ4v) is 5.12. The number of aromatic nitrogens is 2. The number of aromatic amines is 1. The zero-order valence-corrected chi connectivity index (χ0v) is 16.7. The lowest BCUT2D eigenvalue weighted by molar-refractivity contribution is -0.137. The Morgan fingerprint density at radius 2 is 1.96 bits per heavy atom. The van der Waals surface area contributed by atoms with Crippen molar-refractivity contribution in [1.82, 2.24) is 19.2 Å². The Kier molecular flexibility index (Phi) is 6.04. The monoisotopic (exact) mass is 436 g/mol. The Balaban J connectivity index is 1.75. The van der Waals surface area contributed by atoms with E-state index in [9.17, 15) is 21.6 Å². The average molecular weight is 437 g/mol. The van der Waals surface area contributed by atoms with Crippen LogP contribution in [-0.2, 0) is 22.7 Å². The lowest BCUT2D eigenvalue weighted by Gasteiger charge is -2.22. The molecule has 2 aromatic rings. The van der Waals surface area contributed by atoms with Crippen molar-refractivity contribution in [3.05, 3.63) is 46.5 Å². The zero-order valence-electron chi connectivity index (χ0n) is 15.1. The van der Waals surface area contributed by atoms with Gasteiger partial charge in [-0.15, -0.1) is 0 Å². The van der Waals surface area contributed by atoms with Crippen molar-refractivity contribution in [1.29, 1.82) is 0 Å². The van der Waals surface area contributed by atoms with Gasteiger partial charge in [-0.2, -0.15) is 17.5 Å². The smallest absolute Gasteiger partial charge is 0.348 e. The van der Waals surface area contributed by atoms with Crippen molar-refractivity contribution in [2.75, 3.05) is 26.2 Å². The number of H-pyrrole nitrogens is 1. The predicted octanol–water partition coefficient (Wildman–Crippen LogP) is 3.29. The molecule has 0 aliphatic carbocycles. The summed E-state index contributed by atoms with van der Waals surface area (Å²) >= 11 is 5.89. The van der Waals surface area contributed by atoms with E-state index in [4.69, 9.17) is 11.6 Å². The van der Waals surface area contributed by atoms with Gasteiger partial charge in [0.1, 0.15) is 4.90 Å². The molecule has 1 aliphatic heterocycles. The largest absolute Gasteiger partial charge is 0.416 e. The summed E-state index contributed by atoms with van der Waals surface area (Å²) in [5, 5.41) is -0.428. The molecule has 1 aromatic carbocycles. The molecule has 1 fully saturated rings. The van der Waals surface area contributed by atoms with Gasteiger partial charge in [0, 0.05) is 31.9 Å². The molecule has 0 radical (unpaired) electrons. The van der Waals surface area contributed by atoms with E-state index in [-0.39, 0.29) is 18.0 Å². The van der Waals surface area contributed by atoms with Gasteiger partial charge in [-0.05, 0) is 38.1 Å². The van der Waals surface area contributed by atoms with E-state index in [0.29, 0.717) is 32.1 Å². The van der Waals surface area contributed by atoms with Crippen LogP contribution in [-0.4, -0.2) is 53.8 Å². The van der Waals surface area contributed by atoms with Crippen LogP contribution in [0.25, 0.3) is 0 Å². The predicted molar refractivity (Wildman–Crippen MR) is 98.4 cm³/mol. The van der Waals surface area contributed by atoms with Crippen molar-refractivity contribution in [2.45, 2.75) is 31.0 Å². The number of sulfonamides is 1. The highest BCUT2D eigenvalue weighted by Crippen LogP contribution is 2.34. The first kappa shape index (κ1) is 21.1. The Morgan fingerprint density at radius 1 is 1.21 bits per heavy atom. The second kappa shape index (κ2) is 8.02. The molecule has 0 atom stereocenters. The van der Waals surface area contributed by atoms with Crippen molar-refractivity contribution in [3.8, 4) is 0 Å². The number of hydrogen-bond acceptors (Lipinski definition) is 4. The van der Waals surface area contributed by atoms with Gasteiger partial charge in [-0.3, -0.25) is 4.90 Å². The number of benzene rings is 1. The topological polar surface area (TPSA) is 69.3 Å². The van der Waals surface area contributed by atoms with E-state index in [1.807, 2.05) is 6.92 Å². The van der Waals surface area contributed by atoms with Crippen molar-refractivity contribution < 1.29 is 21.6 Å². The van der Waals surface area contributed by atoms with Crippen molar-refractivity contribution in [2.24, 2.45) is 0 Å². The van der Waals surface area contributed by atoms with Gasteiger partial charge < -0.3 is 4.98 Å². The molecule has 154 valence electrons. The van der Waals surface area contributed by atoms with Gasteiger partial charge in [-0.1, -0.05) is 11.6 Å². The van der Waals surface area contributed by atoms with Crippen molar-refractivity contribution >= 4 is 21.6 Å². The molecule has 1 aromatic heterocycles. The number of alkyl halides is 3. The molecule has 0 amide bonds. The highest BCUT2D eigenvalue weighted by atomic mass is 35.5. The molecule has 28 heavy (non-hydrogen) atoms. The molecule has 1 saturated heterocycles. The number of rotatable bonds is 4. The van der Waals surface area contributed by atoms with E-state index >= 15 is 0 Å². The summed E-state index contributed by atoms with van der Waals surface area (Å²) < 4.78 is 65.5. The van der Waals surface area contributed by atoms with E-state index in [0.717, 1.165) is 23.5 Å². The molecule has 2 heterocycles.